The second kappa shape index (κ2) is 31.8. The number of pyridine rings is 1. The molecule has 0 radical (unpaired) electrons. The molecule has 0 saturated carbocycles. The van der Waals surface area contributed by atoms with E-state index in [2.05, 4.69) is 46.5 Å². The van der Waals surface area contributed by atoms with E-state index < -0.39 is 41.9 Å². The summed E-state index contributed by atoms with van der Waals surface area (Å²) >= 11 is 0. The monoisotopic (exact) mass is 1090 g/mol. The lowest BCUT2D eigenvalue weighted by Crippen LogP contribution is -2.54. The molecule has 0 aliphatic heterocycles. The third kappa shape index (κ3) is 21.1. The van der Waals surface area contributed by atoms with Gasteiger partial charge in [-0.2, -0.15) is 0 Å². The third-order valence-electron chi connectivity index (χ3n) is 11.4. The van der Waals surface area contributed by atoms with Crippen LogP contribution >= 0.6 is 0 Å². The van der Waals surface area contributed by atoms with Crippen molar-refractivity contribution in [3.63, 3.8) is 0 Å². The minimum Gasteiger partial charge on any atom is -0.445 e. The zero-order valence-electron chi connectivity index (χ0n) is 44.6. The number of carbonyl (C=O) groups is 6. The maximum absolute atomic E-state index is 13.6. The lowest BCUT2D eigenvalue weighted by Gasteiger charge is -2.25. The van der Waals surface area contributed by atoms with E-state index in [1.165, 1.54) is 16.4 Å². The molecule has 422 valence electrons. The summed E-state index contributed by atoms with van der Waals surface area (Å²) in [5.74, 6) is -0.481. The van der Waals surface area contributed by atoms with E-state index in [-0.39, 0.29) is 82.2 Å². The van der Waals surface area contributed by atoms with Crippen LogP contribution in [0.1, 0.15) is 62.5 Å². The first-order valence-electron chi connectivity index (χ1n) is 25.4. The average Bonchev–Trinajstić information content (AvgIpc) is 3.80. The number of nitrogens with two attached hydrogens (primary N) is 2. The Bertz CT molecular complexity index is 2790. The number of fused-ring (bicyclic) bond motifs is 1. The molecule has 3 heterocycles. The number of aryl methyl sites for hydroxylation is 1. The van der Waals surface area contributed by atoms with Gasteiger partial charge in [0.25, 0.3) is 0 Å². The average molecular weight is 1090 g/mol. The van der Waals surface area contributed by atoms with Crippen LogP contribution in [0.15, 0.2) is 71.7 Å². The second-order valence-electron chi connectivity index (χ2n) is 18.2. The number of anilines is 2. The van der Waals surface area contributed by atoms with Crippen molar-refractivity contribution in [1.29, 1.82) is 0 Å². The first-order chi connectivity index (χ1) is 37.4. The van der Waals surface area contributed by atoms with Crippen molar-refractivity contribution in [2.45, 2.75) is 78.7 Å². The second-order valence-corrected chi connectivity index (χ2v) is 18.2. The highest BCUT2D eigenvalue weighted by Gasteiger charge is 2.29. The number of hydrogen-bond donors (Lipinski definition) is 8. The van der Waals surface area contributed by atoms with E-state index in [1.54, 1.807) is 82.5 Å². The predicted octanol–water partition coefficient (Wildman–Crippen LogP) is 2.62. The summed E-state index contributed by atoms with van der Waals surface area (Å²) < 4.78 is 34.7. The molecule has 0 bridgehead atoms. The third-order valence-corrected chi connectivity index (χ3v) is 11.4. The Morgan fingerprint density at radius 1 is 0.769 bits per heavy atom. The number of nitrogens with one attached hydrogen (secondary N) is 6. The van der Waals surface area contributed by atoms with Crippen LogP contribution in [0.25, 0.3) is 11.2 Å². The number of H-pyrrole nitrogens is 1. The number of urea groups is 1. The number of nitrogen functional groups attached to an aromatic ring is 1. The Kier molecular flexibility index (Phi) is 24.7. The number of hydrogen-bond acceptors (Lipinski definition) is 17. The lowest BCUT2D eigenvalue weighted by atomic mass is 10.0. The maximum Gasteiger partial charge on any atom is 0.410 e. The van der Waals surface area contributed by atoms with Gasteiger partial charge in [-0.15, -0.1) is 0 Å². The van der Waals surface area contributed by atoms with E-state index in [1.807, 2.05) is 12.1 Å². The van der Waals surface area contributed by atoms with Gasteiger partial charge < -0.3 is 76.4 Å². The number of nitrogens with zero attached hydrogens (tertiary/aromatic N) is 5. The van der Waals surface area contributed by atoms with Crippen LogP contribution in [0.5, 0.6) is 11.6 Å². The molecule has 26 heteroatoms. The highest BCUT2D eigenvalue weighted by atomic mass is 16.6. The topological polar surface area (TPSA) is 350 Å². The Balaban J connectivity index is 1.01. The molecule has 10 N–H and O–H groups in total. The van der Waals surface area contributed by atoms with Crippen molar-refractivity contribution < 1.29 is 57.2 Å². The fourth-order valence-corrected chi connectivity index (χ4v) is 7.40. The van der Waals surface area contributed by atoms with Crippen molar-refractivity contribution >= 4 is 58.4 Å². The predicted molar refractivity (Wildman–Crippen MR) is 286 cm³/mol. The number of carbonyl (C=O) groups excluding carboxylic acids is 6. The number of aromatic nitrogens is 5. The van der Waals surface area contributed by atoms with Crippen LogP contribution in [0.3, 0.4) is 0 Å². The Morgan fingerprint density at radius 3 is 2.04 bits per heavy atom. The normalized spacial score (nSPS) is 11.9. The standard InChI is InChI=1S/C52H71N13O13/c1-33(2)44(62-42(67)18-21-73-23-25-75-27-28-76-26-24-74-22-20-55-35(4)66)49(69)61-41(7-6-19-56-50(54)70)48(68)60-39-13-8-37(9-14-39)32-77-52(72)64(5)30-36-10-15-40(16-11-36)78-43-17-12-38(29-57-43)31-65-47-45(63-51(65)71)46(53)58-34(3)59-47/h8-17,29,33,41,44H,6-7,18-28,30-32H2,1-5H3,(H,55,66)(H,60,68)(H,61,69)(H,62,67)(H,63,71)(H2,53,58,59)(H3,54,56,70)/t41-,44-/m0/s1. The van der Waals surface area contributed by atoms with E-state index in [0.29, 0.717) is 85.9 Å². The van der Waals surface area contributed by atoms with Gasteiger partial charge in [0, 0.05) is 58.0 Å². The molecule has 0 saturated heterocycles. The number of imidazole rings is 1. The van der Waals surface area contributed by atoms with Crippen molar-refractivity contribution in [2.75, 3.05) is 84.0 Å². The van der Waals surface area contributed by atoms with E-state index in [4.69, 9.17) is 39.9 Å². The fraction of sp³-hybridized carbons (Fsp3) is 0.462. The first kappa shape index (κ1) is 60.7. The zero-order valence-corrected chi connectivity index (χ0v) is 44.6. The number of primary amides is 1. The molecular formula is C52H71N13O13. The van der Waals surface area contributed by atoms with Crippen LogP contribution in [0, 0.1) is 12.8 Å². The van der Waals surface area contributed by atoms with Gasteiger partial charge in [-0.05, 0) is 66.6 Å². The van der Waals surface area contributed by atoms with Crippen LogP contribution < -0.4 is 48.5 Å². The van der Waals surface area contributed by atoms with Gasteiger partial charge in [0.15, 0.2) is 11.5 Å². The van der Waals surface area contributed by atoms with Crippen molar-refractivity contribution in [3.8, 4) is 11.6 Å². The molecule has 0 spiro atoms. The summed E-state index contributed by atoms with van der Waals surface area (Å²) in [7, 11) is 1.61. The lowest BCUT2D eigenvalue weighted by molar-refractivity contribution is -0.132. The summed E-state index contributed by atoms with van der Waals surface area (Å²) in [5.41, 5.74) is 14.2. The van der Waals surface area contributed by atoms with E-state index in [0.717, 1.165) is 11.1 Å². The van der Waals surface area contributed by atoms with Crippen LogP contribution in [0.4, 0.5) is 21.1 Å². The Morgan fingerprint density at radius 2 is 1.41 bits per heavy atom. The summed E-state index contributed by atoms with van der Waals surface area (Å²) in [5, 5.41) is 13.4. The molecule has 2 aromatic carbocycles. The SMILES string of the molecule is CC(=O)NCCOCCOCCOCCOCCC(=O)N[C@H](C(=O)N[C@@H](CCCNC(N)=O)C(=O)Nc1ccc(COC(=O)N(C)Cc2ccc(Oc3ccc(Cn4c(=O)[nH]c5c(N)nc(C)nc54)cn3)cc2)cc1)C(C)C. The molecule has 7 amide bonds. The molecule has 0 unspecified atom stereocenters. The highest BCUT2D eigenvalue weighted by Crippen LogP contribution is 2.22. The first-order valence-corrected chi connectivity index (χ1v) is 25.4. The number of benzene rings is 2. The van der Waals surface area contributed by atoms with Gasteiger partial charge >= 0.3 is 17.8 Å². The van der Waals surface area contributed by atoms with Crippen molar-refractivity contribution in [3.05, 3.63) is 99.9 Å². The summed E-state index contributed by atoms with van der Waals surface area (Å²) in [6.45, 7) is 10.2. The van der Waals surface area contributed by atoms with Crippen LogP contribution in [-0.4, -0.2) is 150 Å². The maximum atomic E-state index is 13.6. The number of amides is 7. The zero-order chi connectivity index (χ0) is 56.4. The number of aromatic amines is 1. The van der Waals surface area contributed by atoms with Gasteiger partial charge in [0.2, 0.25) is 29.5 Å². The summed E-state index contributed by atoms with van der Waals surface area (Å²) in [6, 6.07) is 14.5. The summed E-state index contributed by atoms with van der Waals surface area (Å²) in [4.78, 5) is 105. The van der Waals surface area contributed by atoms with E-state index in [9.17, 15) is 33.6 Å². The molecule has 26 nitrogen and oxygen atoms in total. The molecular weight excluding hydrogens is 1010 g/mol. The van der Waals surface area contributed by atoms with Crippen molar-refractivity contribution in [2.24, 2.45) is 11.7 Å². The molecule has 3 aromatic heterocycles. The fourth-order valence-electron chi connectivity index (χ4n) is 7.40. The van der Waals surface area contributed by atoms with Crippen LogP contribution in [0.2, 0.25) is 0 Å². The molecule has 78 heavy (non-hydrogen) atoms. The molecule has 5 aromatic rings. The Labute approximate surface area is 451 Å². The largest absolute Gasteiger partial charge is 0.445 e. The highest BCUT2D eigenvalue weighted by molar-refractivity contribution is 5.98. The molecule has 2 atom stereocenters. The van der Waals surface area contributed by atoms with Gasteiger partial charge in [0.05, 0.1) is 59.4 Å². The quantitative estimate of drug-likeness (QED) is 0.0280. The molecule has 0 fully saturated rings. The van der Waals surface area contributed by atoms with Gasteiger partial charge in [0.1, 0.15) is 35.8 Å². The van der Waals surface area contributed by atoms with Crippen molar-refractivity contribution in [1.82, 2.24) is 50.7 Å². The smallest absolute Gasteiger partial charge is 0.410 e. The number of ether oxygens (including phenoxy) is 6. The van der Waals surface area contributed by atoms with Gasteiger partial charge in [-0.1, -0.05) is 44.2 Å². The molecule has 0 aliphatic rings. The molecule has 5 rings (SSSR count). The minimum atomic E-state index is -1.05. The number of rotatable bonds is 33. The minimum absolute atomic E-state index is 0.0184. The van der Waals surface area contributed by atoms with Gasteiger partial charge in [-0.3, -0.25) is 23.7 Å². The Hall–Kier alpha value is -8.20. The van der Waals surface area contributed by atoms with Gasteiger partial charge in [-0.25, -0.2) is 29.3 Å². The van der Waals surface area contributed by atoms with Crippen LogP contribution in [-0.2, 0) is 62.6 Å². The molecule has 0 aliphatic carbocycles. The van der Waals surface area contributed by atoms with E-state index >= 15 is 0 Å². The summed E-state index contributed by atoms with van der Waals surface area (Å²) in [6.07, 6.45) is 1.45.